The van der Waals surface area contributed by atoms with E-state index in [1.165, 1.54) is 0 Å². The maximum absolute atomic E-state index is 10.2. The van der Waals surface area contributed by atoms with Crippen LogP contribution in [0.3, 0.4) is 0 Å². The van der Waals surface area contributed by atoms with Gasteiger partial charge in [0.2, 0.25) is 0 Å². The second kappa shape index (κ2) is 4.46. The third-order valence-corrected chi connectivity index (χ3v) is 4.30. The van der Waals surface area contributed by atoms with Gasteiger partial charge in [0.1, 0.15) is 11.4 Å². The number of hydrogen-bond acceptors (Lipinski definition) is 4. The zero-order valence-corrected chi connectivity index (χ0v) is 12.0. The first-order valence-electron chi connectivity index (χ1n) is 7.11. The first-order chi connectivity index (χ1) is 8.93. The highest BCUT2D eigenvalue weighted by molar-refractivity contribution is 5.45. The van der Waals surface area contributed by atoms with Crippen molar-refractivity contribution in [2.75, 3.05) is 31.1 Å². The highest BCUT2D eigenvalue weighted by atomic mass is 16.3. The Bertz CT molecular complexity index is 469. The van der Waals surface area contributed by atoms with Crippen LogP contribution in [-0.2, 0) is 5.60 Å². The van der Waals surface area contributed by atoms with Gasteiger partial charge in [-0.3, -0.25) is 0 Å². The molecule has 1 aromatic heterocycles. The molecular formula is C15H23N3O. The van der Waals surface area contributed by atoms with E-state index in [1.54, 1.807) is 13.8 Å². The summed E-state index contributed by atoms with van der Waals surface area (Å²) in [5.41, 5.74) is 1.05. The number of rotatable bonds is 2. The summed E-state index contributed by atoms with van der Waals surface area (Å²) in [5, 5.41) is 13.6. The minimum absolute atomic E-state index is 0.757. The predicted molar refractivity (Wildman–Crippen MR) is 76.3 cm³/mol. The molecule has 0 aromatic carbocycles. The van der Waals surface area contributed by atoms with E-state index in [9.17, 15) is 5.11 Å². The fraction of sp³-hybridized carbons (Fsp3) is 0.667. The Morgan fingerprint density at radius 1 is 1.26 bits per heavy atom. The largest absolute Gasteiger partial charge is 0.384 e. The van der Waals surface area contributed by atoms with Gasteiger partial charge >= 0.3 is 0 Å². The second-order valence-electron chi connectivity index (χ2n) is 6.53. The van der Waals surface area contributed by atoms with E-state index in [1.807, 2.05) is 6.07 Å². The molecule has 2 fully saturated rings. The molecule has 2 saturated heterocycles. The predicted octanol–water partition coefficient (Wildman–Crippen LogP) is 1.27. The lowest BCUT2D eigenvalue weighted by Gasteiger charge is -2.23. The van der Waals surface area contributed by atoms with Crippen LogP contribution in [0.4, 0.5) is 5.82 Å². The van der Waals surface area contributed by atoms with Gasteiger partial charge in [0.05, 0.1) is 5.69 Å². The molecule has 4 nitrogen and oxygen atoms in total. The molecule has 2 aliphatic rings. The van der Waals surface area contributed by atoms with E-state index in [2.05, 4.69) is 28.2 Å². The lowest BCUT2D eigenvalue weighted by molar-refractivity contribution is 0.0739. The fourth-order valence-corrected chi connectivity index (χ4v) is 3.17. The summed E-state index contributed by atoms with van der Waals surface area (Å²) in [7, 11) is 0. The monoisotopic (exact) mass is 261 g/mol. The van der Waals surface area contributed by atoms with Crippen molar-refractivity contribution in [1.29, 1.82) is 0 Å². The molecule has 0 amide bonds. The lowest BCUT2D eigenvalue weighted by atomic mass is 10.0. The van der Waals surface area contributed by atoms with Gasteiger partial charge in [0.25, 0.3) is 0 Å². The highest BCUT2D eigenvalue weighted by Crippen LogP contribution is 2.31. The topological polar surface area (TPSA) is 48.4 Å². The standard InChI is InChI=1S/C15H23N3O/c1-10-4-13(15(2,3)19)17-14(5-10)18-8-11-6-16-7-12(11)9-18/h4-5,11-12,16,19H,6-9H2,1-3H3/t11-,12+. The Hall–Kier alpha value is -1.13. The molecule has 4 heteroatoms. The number of pyridine rings is 1. The molecule has 2 aliphatic heterocycles. The van der Waals surface area contributed by atoms with Crippen LogP contribution < -0.4 is 10.2 Å². The molecule has 0 spiro atoms. The maximum atomic E-state index is 10.2. The molecular weight excluding hydrogens is 238 g/mol. The molecule has 0 aliphatic carbocycles. The Labute approximate surface area is 114 Å². The highest BCUT2D eigenvalue weighted by Gasteiger charge is 2.36. The zero-order valence-electron chi connectivity index (χ0n) is 12.0. The van der Waals surface area contributed by atoms with E-state index in [0.717, 1.165) is 55.1 Å². The van der Waals surface area contributed by atoms with E-state index in [-0.39, 0.29) is 0 Å². The Morgan fingerprint density at radius 2 is 1.89 bits per heavy atom. The van der Waals surface area contributed by atoms with E-state index >= 15 is 0 Å². The zero-order chi connectivity index (χ0) is 13.6. The summed E-state index contributed by atoms with van der Waals surface area (Å²) in [4.78, 5) is 7.04. The molecule has 19 heavy (non-hydrogen) atoms. The Morgan fingerprint density at radius 3 is 2.47 bits per heavy atom. The number of nitrogens with one attached hydrogen (secondary N) is 1. The molecule has 0 unspecified atom stereocenters. The van der Waals surface area contributed by atoms with Gasteiger partial charge < -0.3 is 15.3 Å². The smallest absolute Gasteiger partial charge is 0.129 e. The number of aryl methyl sites for hydroxylation is 1. The minimum Gasteiger partial charge on any atom is -0.384 e. The molecule has 0 bridgehead atoms. The van der Waals surface area contributed by atoms with E-state index < -0.39 is 5.60 Å². The van der Waals surface area contributed by atoms with Crippen molar-refractivity contribution in [3.05, 3.63) is 23.4 Å². The van der Waals surface area contributed by atoms with Gasteiger partial charge in [-0.25, -0.2) is 4.98 Å². The number of aliphatic hydroxyl groups is 1. The minimum atomic E-state index is -0.877. The van der Waals surface area contributed by atoms with Crippen LogP contribution in [-0.4, -0.2) is 36.3 Å². The van der Waals surface area contributed by atoms with E-state index in [0.29, 0.717) is 0 Å². The molecule has 104 valence electrons. The van der Waals surface area contributed by atoms with Gasteiger partial charge in [-0.2, -0.15) is 0 Å². The number of nitrogens with zero attached hydrogens (tertiary/aromatic N) is 2. The first kappa shape index (κ1) is 12.9. The van der Waals surface area contributed by atoms with Gasteiger partial charge in [-0.1, -0.05) is 0 Å². The molecule has 0 radical (unpaired) electrons. The van der Waals surface area contributed by atoms with E-state index in [4.69, 9.17) is 0 Å². The van der Waals surface area contributed by atoms with Crippen LogP contribution in [0.15, 0.2) is 12.1 Å². The van der Waals surface area contributed by atoms with Crippen molar-refractivity contribution < 1.29 is 5.11 Å². The Kier molecular flexibility index (Phi) is 3.02. The number of hydrogen-bond donors (Lipinski definition) is 2. The van der Waals surface area contributed by atoms with Crippen LogP contribution in [0.1, 0.15) is 25.1 Å². The van der Waals surface area contributed by atoms with Crippen molar-refractivity contribution in [1.82, 2.24) is 10.3 Å². The molecule has 2 atom stereocenters. The van der Waals surface area contributed by atoms with Crippen LogP contribution in [0.5, 0.6) is 0 Å². The summed E-state index contributed by atoms with van der Waals surface area (Å²) in [6.45, 7) is 10.1. The van der Waals surface area contributed by atoms with Crippen molar-refractivity contribution >= 4 is 5.82 Å². The summed E-state index contributed by atoms with van der Waals surface area (Å²) in [6.07, 6.45) is 0. The number of fused-ring (bicyclic) bond motifs is 1. The SMILES string of the molecule is Cc1cc(N2C[C@H]3CNC[C@H]3C2)nc(C(C)(C)O)c1. The molecule has 3 heterocycles. The normalized spacial score (nSPS) is 26.8. The summed E-state index contributed by atoms with van der Waals surface area (Å²) >= 11 is 0. The lowest BCUT2D eigenvalue weighted by Crippen LogP contribution is -2.27. The van der Waals surface area contributed by atoms with Gasteiger partial charge in [0.15, 0.2) is 0 Å². The van der Waals surface area contributed by atoms with Crippen molar-refractivity contribution in [3.63, 3.8) is 0 Å². The molecule has 2 N–H and O–H groups in total. The Balaban J connectivity index is 1.87. The van der Waals surface area contributed by atoms with Gasteiger partial charge in [-0.15, -0.1) is 0 Å². The average molecular weight is 261 g/mol. The van der Waals surface area contributed by atoms with Crippen LogP contribution >= 0.6 is 0 Å². The fourth-order valence-electron chi connectivity index (χ4n) is 3.17. The van der Waals surface area contributed by atoms with Gasteiger partial charge in [-0.05, 0) is 50.3 Å². The summed E-state index contributed by atoms with van der Waals surface area (Å²) in [6, 6.07) is 4.10. The van der Waals surface area contributed by atoms with Crippen molar-refractivity contribution in [2.24, 2.45) is 11.8 Å². The van der Waals surface area contributed by atoms with Crippen LogP contribution in [0.2, 0.25) is 0 Å². The molecule has 0 saturated carbocycles. The van der Waals surface area contributed by atoms with Crippen molar-refractivity contribution in [2.45, 2.75) is 26.4 Å². The summed E-state index contributed by atoms with van der Waals surface area (Å²) in [5.74, 6) is 2.53. The van der Waals surface area contributed by atoms with Crippen LogP contribution in [0.25, 0.3) is 0 Å². The first-order valence-corrected chi connectivity index (χ1v) is 7.11. The molecule has 3 rings (SSSR count). The van der Waals surface area contributed by atoms with Crippen LogP contribution in [0, 0.1) is 18.8 Å². The third-order valence-electron chi connectivity index (χ3n) is 4.30. The molecule has 1 aromatic rings. The summed E-state index contributed by atoms with van der Waals surface area (Å²) < 4.78 is 0. The quantitative estimate of drug-likeness (QED) is 0.842. The average Bonchev–Trinajstić information content (AvgIpc) is 2.86. The van der Waals surface area contributed by atoms with Crippen molar-refractivity contribution in [3.8, 4) is 0 Å². The maximum Gasteiger partial charge on any atom is 0.129 e. The number of anilines is 1. The second-order valence-corrected chi connectivity index (χ2v) is 6.53. The van der Waals surface area contributed by atoms with Gasteiger partial charge in [0, 0.05) is 26.2 Å². The number of aromatic nitrogens is 1. The third kappa shape index (κ3) is 2.47.